The second-order valence-electron chi connectivity index (χ2n) is 4.02. The van der Waals surface area contributed by atoms with E-state index in [1.165, 1.54) is 0 Å². The van der Waals surface area contributed by atoms with E-state index in [-0.39, 0.29) is 12.6 Å². The van der Waals surface area contributed by atoms with Gasteiger partial charge in [-0.05, 0) is 11.6 Å². The molecule has 5 nitrogen and oxygen atoms in total. The largest absolute Gasteiger partial charge is 0.456 e. The van der Waals surface area contributed by atoms with Crippen LogP contribution in [-0.2, 0) is 9.53 Å². The molecule has 92 valence electrons. The summed E-state index contributed by atoms with van der Waals surface area (Å²) in [7, 11) is 0. The molecule has 0 aromatic heterocycles. The summed E-state index contributed by atoms with van der Waals surface area (Å²) in [6.45, 7) is 0.0997. The molecule has 0 radical (unpaired) electrons. The molecule has 0 spiro atoms. The molecule has 2 aliphatic heterocycles. The van der Waals surface area contributed by atoms with Crippen molar-refractivity contribution in [1.29, 1.82) is 0 Å². The molecule has 0 aliphatic carbocycles. The van der Waals surface area contributed by atoms with Crippen molar-refractivity contribution in [3.8, 4) is 0 Å². The average Bonchev–Trinajstić information content (AvgIpc) is 2.71. The molecule has 1 aromatic carbocycles. The molecule has 2 aliphatic rings. The number of cyclic esters (lactones) is 1. The summed E-state index contributed by atoms with van der Waals surface area (Å²) in [4.78, 5) is 23.2. The number of ether oxygens (including phenoxy) is 1. The van der Waals surface area contributed by atoms with Gasteiger partial charge in [0, 0.05) is 5.02 Å². The van der Waals surface area contributed by atoms with E-state index >= 15 is 0 Å². The summed E-state index contributed by atoms with van der Waals surface area (Å²) in [6.07, 6.45) is 0. The Bertz CT molecular complexity index is 582. The van der Waals surface area contributed by atoms with Crippen LogP contribution >= 0.6 is 11.6 Å². The summed E-state index contributed by atoms with van der Waals surface area (Å²) >= 11 is 6.10. The Labute approximate surface area is 108 Å². The molecule has 0 fully saturated rings. The lowest BCUT2D eigenvalue weighted by molar-refractivity contribution is -0.136. The van der Waals surface area contributed by atoms with Crippen LogP contribution in [0.3, 0.4) is 0 Å². The third-order valence-corrected chi connectivity index (χ3v) is 3.28. The first kappa shape index (κ1) is 11.1. The number of hydrogen-bond donors (Lipinski definition) is 2. The van der Waals surface area contributed by atoms with Crippen LogP contribution in [0.1, 0.15) is 11.6 Å². The van der Waals surface area contributed by atoms with Gasteiger partial charge in [0.1, 0.15) is 6.61 Å². The summed E-state index contributed by atoms with van der Waals surface area (Å²) in [5, 5.41) is 5.75. The van der Waals surface area contributed by atoms with Crippen LogP contribution in [0.4, 0.5) is 4.79 Å². The Morgan fingerprint density at radius 2 is 2.06 bits per heavy atom. The van der Waals surface area contributed by atoms with E-state index in [1.807, 2.05) is 0 Å². The molecule has 2 amide bonds. The molecule has 2 heterocycles. The van der Waals surface area contributed by atoms with E-state index < -0.39 is 12.0 Å². The second-order valence-corrected chi connectivity index (χ2v) is 4.43. The van der Waals surface area contributed by atoms with Crippen LogP contribution in [0.5, 0.6) is 0 Å². The number of rotatable bonds is 1. The summed E-state index contributed by atoms with van der Waals surface area (Å²) < 4.78 is 4.93. The molecular formula is C12H9ClN2O3. The van der Waals surface area contributed by atoms with Crippen molar-refractivity contribution in [2.45, 2.75) is 6.04 Å². The van der Waals surface area contributed by atoms with Crippen LogP contribution in [0, 0.1) is 0 Å². The van der Waals surface area contributed by atoms with Crippen LogP contribution in [0.25, 0.3) is 0 Å². The monoisotopic (exact) mass is 264 g/mol. The van der Waals surface area contributed by atoms with E-state index in [2.05, 4.69) is 10.6 Å². The highest BCUT2D eigenvalue weighted by molar-refractivity contribution is 6.31. The Kier molecular flexibility index (Phi) is 2.48. The van der Waals surface area contributed by atoms with Crippen molar-refractivity contribution in [3.05, 3.63) is 46.1 Å². The van der Waals surface area contributed by atoms with Crippen LogP contribution in [0.15, 0.2) is 35.5 Å². The summed E-state index contributed by atoms with van der Waals surface area (Å²) in [5.41, 5.74) is 1.61. The molecule has 1 atom stereocenters. The highest BCUT2D eigenvalue weighted by atomic mass is 35.5. The van der Waals surface area contributed by atoms with Gasteiger partial charge >= 0.3 is 12.0 Å². The van der Waals surface area contributed by atoms with Crippen molar-refractivity contribution in [3.63, 3.8) is 0 Å². The number of amides is 2. The van der Waals surface area contributed by atoms with E-state index in [4.69, 9.17) is 16.3 Å². The summed E-state index contributed by atoms with van der Waals surface area (Å²) in [5.74, 6) is -0.428. The average molecular weight is 265 g/mol. The van der Waals surface area contributed by atoms with Crippen LogP contribution < -0.4 is 10.6 Å². The molecule has 0 saturated carbocycles. The number of benzene rings is 1. The zero-order valence-electron chi connectivity index (χ0n) is 9.20. The third-order valence-electron chi connectivity index (χ3n) is 2.94. The van der Waals surface area contributed by atoms with E-state index in [0.717, 1.165) is 0 Å². The quantitative estimate of drug-likeness (QED) is 0.756. The highest BCUT2D eigenvalue weighted by Crippen LogP contribution is 2.34. The van der Waals surface area contributed by atoms with Gasteiger partial charge in [-0.25, -0.2) is 9.59 Å². The van der Waals surface area contributed by atoms with Gasteiger partial charge in [0.25, 0.3) is 0 Å². The standard InChI is InChI=1S/C12H9ClN2O3/c13-7-4-2-1-3-6(7)10-9-8(5-18-11(9)16)14-12(17)15-10/h1-4,10H,5H2,(H2,14,15,17)/t10-/m1/s1. The molecule has 18 heavy (non-hydrogen) atoms. The highest BCUT2D eigenvalue weighted by Gasteiger charge is 2.38. The fourth-order valence-electron chi connectivity index (χ4n) is 2.13. The van der Waals surface area contributed by atoms with Crippen molar-refractivity contribution in [2.75, 3.05) is 6.61 Å². The molecule has 1 aromatic rings. The van der Waals surface area contributed by atoms with Gasteiger partial charge in [-0.3, -0.25) is 0 Å². The van der Waals surface area contributed by atoms with Crippen molar-refractivity contribution in [2.24, 2.45) is 0 Å². The van der Waals surface area contributed by atoms with E-state index in [1.54, 1.807) is 24.3 Å². The fourth-order valence-corrected chi connectivity index (χ4v) is 2.38. The van der Waals surface area contributed by atoms with E-state index in [0.29, 0.717) is 21.9 Å². The first-order chi connectivity index (χ1) is 8.66. The SMILES string of the molecule is O=C1NC2=C(C(=O)OC2)[C@@H](c2ccccc2Cl)N1. The molecule has 2 N–H and O–H groups in total. The number of nitrogens with one attached hydrogen (secondary N) is 2. The molecule has 3 rings (SSSR count). The Morgan fingerprint density at radius 3 is 2.83 bits per heavy atom. The maximum Gasteiger partial charge on any atom is 0.338 e. The number of esters is 1. The third kappa shape index (κ3) is 1.64. The normalized spacial score (nSPS) is 22.2. The van der Waals surface area contributed by atoms with Gasteiger partial charge in [-0.2, -0.15) is 0 Å². The minimum Gasteiger partial charge on any atom is -0.456 e. The topological polar surface area (TPSA) is 67.4 Å². The van der Waals surface area contributed by atoms with Crippen molar-refractivity contribution >= 4 is 23.6 Å². The number of halogens is 1. The lowest BCUT2D eigenvalue weighted by Gasteiger charge is -2.25. The van der Waals surface area contributed by atoms with Gasteiger partial charge in [0.05, 0.1) is 17.3 Å². The van der Waals surface area contributed by atoms with Gasteiger partial charge in [0.15, 0.2) is 0 Å². The molecular weight excluding hydrogens is 256 g/mol. The van der Waals surface area contributed by atoms with Gasteiger partial charge in [-0.1, -0.05) is 29.8 Å². The number of carbonyl (C=O) groups excluding carboxylic acids is 2. The molecule has 0 saturated heterocycles. The van der Waals surface area contributed by atoms with Gasteiger partial charge in [0.2, 0.25) is 0 Å². The molecule has 0 unspecified atom stereocenters. The molecule has 0 bridgehead atoms. The number of hydrogen-bond acceptors (Lipinski definition) is 3. The van der Waals surface area contributed by atoms with E-state index in [9.17, 15) is 9.59 Å². The smallest absolute Gasteiger partial charge is 0.338 e. The lowest BCUT2D eigenvalue weighted by atomic mass is 9.96. The zero-order chi connectivity index (χ0) is 12.7. The Balaban J connectivity index is 2.10. The van der Waals surface area contributed by atoms with Crippen molar-refractivity contribution in [1.82, 2.24) is 10.6 Å². The van der Waals surface area contributed by atoms with Crippen LogP contribution in [-0.4, -0.2) is 18.6 Å². The number of urea groups is 1. The first-order valence-electron chi connectivity index (χ1n) is 5.39. The summed E-state index contributed by atoms with van der Waals surface area (Å²) in [6, 6.07) is 6.15. The van der Waals surface area contributed by atoms with Crippen LogP contribution in [0.2, 0.25) is 5.02 Å². The number of carbonyl (C=O) groups is 2. The second kappa shape index (κ2) is 4.03. The lowest BCUT2D eigenvalue weighted by Crippen LogP contribution is -2.44. The maximum atomic E-state index is 11.7. The molecule has 6 heteroatoms. The predicted octanol–water partition coefficient (Wildman–Crippen LogP) is 1.50. The Hall–Kier alpha value is -2.01. The fraction of sp³-hybridized carbons (Fsp3) is 0.167. The maximum absolute atomic E-state index is 11.7. The minimum atomic E-state index is -0.558. The van der Waals surface area contributed by atoms with Gasteiger partial charge < -0.3 is 15.4 Å². The predicted molar refractivity (Wildman–Crippen MR) is 63.8 cm³/mol. The van der Waals surface area contributed by atoms with Gasteiger partial charge in [-0.15, -0.1) is 0 Å². The van der Waals surface area contributed by atoms with Crippen molar-refractivity contribution < 1.29 is 14.3 Å². The first-order valence-corrected chi connectivity index (χ1v) is 5.76. The zero-order valence-corrected chi connectivity index (χ0v) is 9.95. The Morgan fingerprint density at radius 1 is 1.28 bits per heavy atom. The minimum absolute atomic E-state index is 0.0997.